The molecule has 2 atom stereocenters. The zero-order valence-corrected chi connectivity index (χ0v) is 15.4. The summed E-state index contributed by atoms with van der Waals surface area (Å²) in [6, 6.07) is 13.6. The lowest BCUT2D eigenvalue weighted by molar-refractivity contribution is 0.0929. The Bertz CT molecular complexity index is 929. The van der Waals surface area contributed by atoms with Crippen LogP contribution in [-0.4, -0.2) is 28.3 Å². The second-order valence-corrected chi connectivity index (χ2v) is 7.09. The Balaban J connectivity index is 1.69. The first kappa shape index (κ1) is 17.5. The van der Waals surface area contributed by atoms with Crippen LogP contribution in [0.3, 0.4) is 0 Å². The van der Waals surface area contributed by atoms with Gasteiger partial charge in [0.1, 0.15) is 11.5 Å². The molecule has 1 aliphatic rings. The van der Waals surface area contributed by atoms with Crippen molar-refractivity contribution in [3.8, 4) is 17.1 Å². The monoisotopic (exact) mass is 364 g/mol. The maximum atomic E-state index is 13.1. The predicted molar refractivity (Wildman–Crippen MR) is 104 cm³/mol. The topological polar surface area (TPSA) is 86.1 Å². The molecule has 6 nitrogen and oxygen atoms in total. The van der Waals surface area contributed by atoms with Gasteiger partial charge < -0.3 is 15.5 Å². The highest BCUT2D eigenvalue weighted by Crippen LogP contribution is 2.28. The molecule has 4 rings (SSSR count). The number of hydrogen-bond acceptors (Lipinski definition) is 4. The minimum Gasteiger partial charge on any atom is -0.460 e. The molecule has 3 aromatic rings. The van der Waals surface area contributed by atoms with Crippen molar-refractivity contribution in [2.45, 2.75) is 32.2 Å². The molecule has 3 N–H and O–H groups in total. The minimum absolute atomic E-state index is 0.119. The van der Waals surface area contributed by atoms with Crippen molar-refractivity contribution in [1.29, 1.82) is 0 Å². The van der Waals surface area contributed by atoms with Crippen LogP contribution >= 0.6 is 0 Å². The van der Waals surface area contributed by atoms with Gasteiger partial charge in [-0.2, -0.15) is 5.10 Å². The molecule has 2 aromatic heterocycles. The summed E-state index contributed by atoms with van der Waals surface area (Å²) >= 11 is 0. The van der Waals surface area contributed by atoms with Crippen molar-refractivity contribution >= 4 is 5.91 Å². The van der Waals surface area contributed by atoms with Crippen LogP contribution in [0.5, 0.6) is 0 Å². The molecule has 1 amide bonds. The molecule has 0 saturated heterocycles. The van der Waals surface area contributed by atoms with Crippen LogP contribution in [0.4, 0.5) is 0 Å². The summed E-state index contributed by atoms with van der Waals surface area (Å²) in [7, 11) is 0. The number of nitrogens with zero attached hydrogens (tertiary/aromatic N) is 2. The summed E-state index contributed by atoms with van der Waals surface area (Å²) < 4.78 is 7.47. The summed E-state index contributed by atoms with van der Waals surface area (Å²) in [6.07, 6.45) is 4.90. The van der Waals surface area contributed by atoms with E-state index >= 15 is 0 Å². The van der Waals surface area contributed by atoms with Crippen molar-refractivity contribution in [2.75, 3.05) is 6.54 Å². The Morgan fingerprint density at radius 2 is 2.07 bits per heavy atom. The average molecular weight is 364 g/mol. The predicted octanol–water partition coefficient (Wildman–Crippen LogP) is 3.30. The normalized spacial score (nSPS) is 19.3. The van der Waals surface area contributed by atoms with Gasteiger partial charge in [0.15, 0.2) is 5.76 Å². The van der Waals surface area contributed by atoms with Gasteiger partial charge in [0.05, 0.1) is 11.3 Å². The van der Waals surface area contributed by atoms with Crippen molar-refractivity contribution in [2.24, 2.45) is 11.7 Å². The largest absolute Gasteiger partial charge is 0.460 e. The van der Waals surface area contributed by atoms with E-state index in [2.05, 4.69) is 10.4 Å². The number of amides is 1. The molecule has 0 aliphatic heterocycles. The van der Waals surface area contributed by atoms with E-state index in [1.165, 1.54) is 0 Å². The van der Waals surface area contributed by atoms with E-state index in [1.54, 1.807) is 10.9 Å². The fraction of sp³-hybridized carbons (Fsp3) is 0.333. The van der Waals surface area contributed by atoms with Crippen LogP contribution in [0.2, 0.25) is 0 Å². The molecule has 2 unspecified atom stereocenters. The Morgan fingerprint density at radius 1 is 1.26 bits per heavy atom. The van der Waals surface area contributed by atoms with Crippen molar-refractivity contribution in [3.63, 3.8) is 0 Å². The second-order valence-electron chi connectivity index (χ2n) is 7.09. The summed E-state index contributed by atoms with van der Waals surface area (Å²) in [5, 5.41) is 7.80. The Labute approximate surface area is 158 Å². The van der Waals surface area contributed by atoms with Gasteiger partial charge in [-0.15, -0.1) is 0 Å². The molecule has 0 radical (unpaired) electrons. The van der Waals surface area contributed by atoms with Crippen LogP contribution in [0.15, 0.2) is 53.1 Å². The van der Waals surface area contributed by atoms with E-state index in [-0.39, 0.29) is 11.9 Å². The quantitative estimate of drug-likeness (QED) is 0.727. The number of rotatable bonds is 5. The smallest absolute Gasteiger partial charge is 0.255 e. The van der Waals surface area contributed by atoms with E-state index in [0.29, 0.717) is 29.5 Å². The Morgan fingerprint density at radius 3 is 2.78 bits per heavy atom. The van der Waals surface area contributed by atoms with Gasteiger partial charge >= 0.3 is 0 Å². The molecule has 0 bridgehead atoms. The first-order valence-electron chi connectivity index (χ1n) is 9.38. The molecule has 1 saturated carbocycles. The molecule has 1 aliphatic carbocycles. The SMILES string of the molecule is Cc1ccc(-c2nn(-c3ccccc3)cc2C(=O)NC2CCCC2CN)o1. The van der Waals surface area contributed by atoms with E-state index in [4.69, 9.17) is 10.2 Å². The van der Waals surface area contributed by atoms with Crippen LogP contribution in [0.25, 0.3) is 17.1 Å². The van der Waals surface area contributed by atoms with Gasteiger partial charge in [0.25, 0.3) is 5.91 Å². The third-order valence-corrected chi connectivity index (χ3v) is 5.23. The Hall–Kier alpha value is -2.86. The van der Waals surface area contributed by atoms with Crippen LogP contribution < -0.4 is 11.1 Å². The van der Waals surface area contributed by atoms with Crippen molar-refractivity contribution in [1.82, 2.24) is 15.1 Å². The maximum absolute atomic E-state index is 13.1. The average Bonchev–Trinajstić information content (AvgIpc) is 3.41. The van der Waals surface area contributed by atoms with Crippen molar-refractivity contribution in [3.05, 3.63) is 60.0 Å². The van der Waals surface area contributed by atoms with Gasteiger partial charge in [-0.1, -0.05) is 24.6 Å². The summed E-state index contributed by atoms with van der Waals surface area (Å²) in [5.74, 6) is 1.58. The van der Waals surface area contributed by atoms with Gasteiger partial charge in [-0.25, -0.2) is 4.68 Å². The van der Waals surface area contributed by atoms with Crippen LogP contribution in [-0.2, 0) is 0 Å². The number of benzene rings is 1. The molecular weight excluding hydrogens is 340 g/mol. The summed E-state index contributed by atoms with van der Waals surface area (Å²) in [4.78, 5) is 13.1. The minimum atomic E-state index is -0.133. The number of carbonyl (C=O) groups is 1. The lowest BCUT2D eigenvalue weighted by Crippen LogP contribution is -2.39. The zero-order chi connectivity index (χ0) is 18.8. The lowest BCUT2D eigenvalue weighted by Gasteiger charge is -2.19. The standard InChI is InChI=1S/C21H24N4O2/c1-14-10-11-19(27-14)20-17(13-25(24-20)16-7-3-2-4-8-16)21(26)23-18-9-5-6-15(18)12-22/h2-4,7-8,10-11,13,15,18H,5-6,9,12,22H2,1H3,(H,23,26). The zero-order valence-electron chi connectivity index (χ0n) is 15.4. The number of aromatic nitrogens is 2. The highest BCUT2D eigenvalue weighted by molar-refractivity contribution is 5.99. The van der Waals surface area contributed by atoms with E-state index in [1.807, 2.05) is 49.4 Å². The molecular formula is C21H24N4O2. The van der Waals surface area contributed by atoms with Crippen LogP contribution in [0.1, 0.15) is 35.4 Å². The first-order chi connectivity index (χ1) is 13.2. The first-order valence-corrected chi connectivity index (χ1v) is 9.38. The fourth-order valence-electron chi connectivity index (χ4n) is 3.75. The third-order valence-electron chi connectivity index (χ3n) is 5.23. The number of aryl methyl sites for hydroxylation is 1. The lowest BCUT2D eigenvalue weighted by atomic mass is 10.0. The number of carbonyl (C=O) groups excluding carboxylic acids is 1. The van der Waals surface area contributed by atoms with Crippen molar-refractivity contribution < 1.29 is 9.21 Å². The number of hydrogen-bond donors (Lipinski definition) is 2. The summed E-state index contributed by atoms with van der Waals surface area (Å²) in [6.45, 7) is 2.47. The van der Waals surface area contributed by atoms with Gasteiger partial charge in [-0.05, 0) is 56.5 Å². The molecule has 0 spiro atoms. The van der Waals surface area contributed by atoms with E-state index in [0.717, 1.165) is 30.7 Å². The number of furan rings is 1. The van der Waals surface area contributed by atoms with Gasteiger partial charge in [0, 0.05) is 12.2 Å². The highest BCUT2D eigenvalue weighted by Gasteiger charge is 2.29. The third kappa shape index (κ3) is 3.53. The fourth-order valence-corrected chi connectivity index (χ4v) is 3.75. The van der Waals surface area contributed by atoms with Gasteiger partial charge in [-0.3, -0.25) is 4.79 Å². The molecule has 27 heavy (non-hydrogen) atoms. The number of nitrogens with two attached hydrogens (primary N) is 1. The van der Waals surface area contributed by atoms with Crippen LogP contribution in [0, 0.1) is 12.8 Å². The molecule has 1 fully saturated rings. The summed E-state index contributed by atoms with van der Waals surface area (Å²) in [5.41, 5.74) is 7.81. The maximum Gasteiger partial charge on any atom is 0.255 e. The highest BCUT2D eigenvalue weighted by atomic mass is 16.3. The number of nitrogens with one attached hydrogen (secondary N) is 1. The van der Waals surface area contributed by atoms with E-state index < -0.39 is 0 Å². The Kier molecular flexibility index (Phi) is 4.81. The second kappa shape index (κ2) is 7.40. The molecule has 1 aromatic carbocycles. The number of para-hydroxylation sites is 1. The molecule has 140 valence electrons. The van der Waals surface area contributed by atoms with Gasteiger partial charge in [0.2, 0.25) is 0 Å². The van der Waals surface area contributed by atoms with E-state index in [9.17, 15) is 4.79 Å². The molecule has 2 heterocycles. The molecule has 6 heteroatoms.